The number of carbonyl (C=O) groups excluding carboxylic acids is 1. The molecule has 146 valence electrons. The second kappa shape index (κ2) is 7.94. The van der Waals surface area contributed by atoms with Gasteiger partial charge in [-0.1, -0.05) is 11.6 Å². The summed E-state index contributed by atoms with van der Waals surface area (Å²) in [4.78, 5) is 11.1. The molecular weight excluding hydrogens is 419 g/mol. The SMILES string of the molecule is O=C(Nc1cc(Cl)c(Oc2ccc(C(F)(F)F)cc2)cc1CP)C(F)(F)F. The molecule has 2 rings (SSSR count). The van der Waals surface area contributed by atoms with Crippen molar-refractivity contribution in [3.05, 3.63) is 52.5 Å². The van der Waals surface area contributed by atoms with Crippen LogP contribution in [-0.2, 0) is 17.1 Å². The maximum Gasteiger partial charge on any atom is 0.471 e. The highest BCUT2D eigenvalue weighted by Crippen LogP contribution is 2.37. The van der Waals surface area contributed by atoms with Gasteiger partial charge in [-0.05, 0) is 48.1 Å². The van der Waals surface area contributed by atoms with Crippen molar-refractivity contribution >= 4 is 32.4 Å². The number of ether oxygens (including phenoxy) is 1. The fourth-order valence-corrected chi connectivity index (χ4v) is 2.53. The number of benzene rings is 2. The van der Waals surface area contributed by atoms with E-state index in [-0.39, 0.29) is 33.9 Å². The minimum absolute atomic E-state index is 0.0129. The van der Waals surface area contributed by atoms with Crippen LogP contribution in [-0.4, -0.2) is 12.1 Å². The number of hydrogen-bond acceptors (Lipinski definition) is 2. The van der Waals surface area contributed by atoms with Gasteiger partial charge < -0.3 is 10.1 Å². The summed E-state index contributed by atoms with van der Waals surface area (Å²) in [5.41, 5.74) is -0.752. The van der Waals surface area contributed by atoms with Crippen molar-refractivity contribution in [3.63, 3.8) is 0 Å². The monoisotopic (exact) mass is 429 g/mol. The smallest absolute Gasteiger partial charge is 0.456 e. The van der Waals surface area contributed by atoms with E-state index in [0.717, 1.165) is 30.3 Å². The van der Waals surface area contributed by atoms with Crippen molar-refractivity contribution in [1.82, 2.24) is 0 Å². The van der Waals surface area contributed by atoms with Crippen molar-refractivity contribution in [1.29, 1.82) is 0 Å². The van der Waals surface area contributed by atoms with Crippen LogP contribution in [0, 0.1) is 0 Å². The van der Waals surface area contributed by atoms with Gasteiger partial charge in [-0.15, -0.1) is 9.24 Å². The van der Waals surface area contributed by atoms with Crippen molar-refractivity contribution in [3.8, 4) is 11.5 Å². The largest absolute Gasteiger partial charge is 0.471 e. The molecule has 0 aliphatic rings. The first kappa shape index (κ1) is 21.3. The van der Waals surface area contributed by atoms with Gasteiger partial charge in [0.25, 0.3) is 0 Å². The predicted molar refractivity (Wildman–Crippen MR) is 91.1 cm³/mol. The molecule has 1 atom stereocenters. The van der Waals surface area contributed by atoms with Crippen LogP contribution in [0.25, 0.3) is 0 Å². The number of nitrogens with one attached hydrogen (secondary N) is 1. The molecule has 0 saturated heterocycles. The third kappa shape index (κ3) is 5.49. The van der Waals surface area contributed by atoms with E-state index >= 15 is 0 Å². The van der Waals surface area contributed by atoms with Gasteiger partial charge in [-0.3, -0.25) is 4.79 Å². The molecule has 0 aromatic heterocycles. The van der Waals surface area contributed by atoms with Gasteiger partial charge >= 0.3 is 18.3 Å². The normalized spacial score (nSPS) is 12.0. The third-order valence-electron chi connectivity index (χ3n) is 3.29. The number of anilines is 1. The van der Waals surface area contributed by atoms with Crippen LogP contribution in [0.1, 0.15) is 11.1 Å². The topological polar surface area (TPSA) is 38.3 Å². The van der Waals surface area contributed by atoms with Crippen LogP contribution in [0.4, 0.5) is 32.0 Å². The first-order valence-electron chi connectivity index (χ1n) is 7.17. The Morgan fingerprint density at radius 2 is 1.67 bits per heavy atom. The lowest BCUT2D eigenvalue weighted by atomic mass is 10.1. The molecule has 27 heavy (non-hydrogen) atoms. The summed E-state index contributed by atoms with van der Waals surface area (Å²) in [7, 11) is 2.27. The minimum Gasteiger partial charge on any atom is -0.456 e. The van der Waals surface area contributed by atoms with Gasteiger partial charge in [0.2, 0.25) is 0 Å². The summed E-state index contributed by atoms with van der Waals surface area (Å²) in [5, 5.41) is 1.59. The number of carbonyl (C=O) groups is 1. The predicted octanol–water partition coefficient (Wildman–Crippen LogP) is 6.03. The van der Waals surface area contributed by atoms with Crippen LogP contribution < -0.4 is 10.1 Å². The summed E-state index contributed by atoms with van der Waals surface area (Å²) < 4.78 is 80.3. The highest BCUT2D eigenvalue weighted by atomic mass is 35.5. The quantitative estimate of drug-likeness (QED) is 0.476. The summed E-state index contributed by atoms with van der Waals surface area (Å²) in [6.07, 6.45) is -9.41. The molecule has 0 fully saturated rings. The molecule has 2 aromatic carbocycles. The highest BCUT2D eigenvalue weighted by Gasteiger charge is 2.39. The van der Waals surface area contributed by atoms with Crippen LogP contribution in [0.3, 0.4) is 0 Å². The van der Waals surface area contributed by atoms with Crippen molar-refractivity contribution < 1.29 is 35.9 Å². The number of amides is 1. The number of halogens is 7. The van der Waals surface area contributed by atoms with Crippen molar-refractivity contribution in [2.75, 3.05) is 5.32 Å². The average Bonchev–Trinajstić information content (AvgIpc) is 2.56. The first-order valence-corrected chi connectivity index (χ1v) is 8.37. The molecule has 0 saturated carbocycles. The zero-order valence-electron chi connectivity index (χ0n) is 13.2. The second-order valence-corrected chi connectivity index (χ2v) is 6.04. The molecular formula is C16H11ClF6NO2P. The lowest BCUT2D eigenvalue weighted by Crippen LogP contribution is -2.30. The summed E-state index contributed by atoms with van der Waals surface area (Å²) >= 11 is 5.97. The highest BCUT2D eigenvalue weighted by molar-refractivity contribution is 7.15. The average molecular weight is 430 g/mol. The van der Waals surface area contributed by atoms with Crippen LogP contribution >= 0.6 is 20.8 Å². The molecule has 0 bridgehead atoms. The second-order valence-electron chi connectivity index (χ2n) is 5.22. The van der Waals surface area contributed by atoms with Gasteiger partial charge in [0.15, 0.2) is 0 Å². The van der Waals surface area contributed by atoms with E-state index in [4.69, 9.17) is 16.3 Å². The van der Waals surface area contributed by atoms with E-state index in [1.54, 1.807) is 5.32 Å². The fourth-order valence-electron chi connectivity index (χ4n) is 1.99. The minimum atomic E-state index is -5.07. The number of hydrogen-bond donors (Lipinski definition) is 1. The maximum absolute atomic E-state index is 12.6. The molecule has 0 heterocycles. The van der Waals surface area contributed by atoms with E-state index in [1.165, 1.54) is 6.07 Å². The molecule has 0 aliphatic carbocycles. The van der Waals surface area contributed by atoms with Gasteiger partial charge in [0.1, 0.15) is 11.5 Å². The molecule has 0 radical (unpaired) electrons. The van der Waals surface area contributed by atoms with Gasteiger partial charge in [0, 0.05) is 5.69 Å². The molecule has 0 spiro atoms. The van der Waals surface area contributed by atoms with Crippen molar-refractivity contribution in [2.45, 2.75) is 18.5 Å². The Kier molecular flexibility index (Phi) is 6.27. The number of alkyl halides is 6. The molecule has 11 heteroatoms. The van der Waals surface area contributed by atoms with Crippen LogP contribution in [0.15, 0.2) is 36.4 Å². The lowest BCUT2D eigenvalue weighted by Gasteiger charge is -2.15. The van der Waals surface area contributed by atoms with Gasteiger partial charge in [-0.2, -0.15) is 26.3 Å². The van der Waals surface area contributed by atoms with Crippen LogP contribution in [0.5, 0.6) is 11.5 Å². The molecule has 1 N–H and O–H groups in total. The molecule has 1 amide bonds. The Bertz CT molecular complexity index is 837. The Balaban J connectivity index is 2.27. The molecule has 0 aliphatic heterocycles. The van der Waals surface area contributed by atoms with E-state index in [1.807, 2.05) is 0 Å². The third-order valence-corrected chi connectivity index (χ3v) is 4.03. The Morgan fingerprint density at radius 1 is 1.07 bits per heavy atom. The van der Waals surface area contributed by atoms with Gasteiger partial charge in [0.05, 0.1) is 10.6 Å². The molecule has 2 aromatic rings. The van der Waals surface area contributed by atoms with E-state index in [2.05, 4.69) is 9.24 Å². The van der Waals surface area contributed by atoms with Gasteiger partial charge in [-0.25, -0.2) is 0 Å². The lowest BCUT2D eigenvalue weighted by molar-refractivity contribution is -0.167. The Morgan fingerprint density at radius 3 is 2.15 bits per heavy atom. The molecule has 3 nitrogen and oxygen atoms in total. The summed E-state index contributed by atoms with van der Waals surface area (Å²) in [5.74, 6) is -2.10. The zero-order valence-corrected chi connectivity index (χ0v) is 15.1. The standard InChI is InChI=1S/C16H11ClF6NO2P/c17-11-6-12(24-14(25)16(21,22)23)8(7-27)5-13(11)26-10-3-1-9(2-4-10)15(18,19)20/h1-6H,7,27H2,(H,24,25). The first-order chi connectivity index (χ1) is 12.4. The van der Waals surface area contributed by atoms with E-state index in [9.17, 15) is 31.1 Å². The summed E-state index contributed by atoms with van der Waals surface area (Å²) in [6, 6.07) is 6.16. The molecule has 1 unspecified atom stereocenters. The number of rotatable bonds is 4. The maximum atomic E-state index is 12.6. The van der Waals surface area contributed by atoms with E-state index in [0.29, 0.717) is 0 Å². The summed E-state index contributed by atoms with van der Waals surface area (Å²) in [6.45, 7) is 0. The van der Waals surface area contributed by atoms with Crippen molar-refractivity contribution in [2.24, 2.45) is 0 Å². The fraction of sp³-hybridized carbons (Fsp3) is 0.188. The zero-order chi connectivity index (χ0) is 20.4. The van der Waals surface area contributed by atoms with Crippen LogP contribution in [0.2, 0.25) is 5.02 Å². The Hall–Kier alpha value is -1.99. The van der Waals surface area contributed by atoms with E-state index < -0.39 is 23.8 Å². The Labute approximate surface area is 156 Å².